The van der Waals surface area contributed by atoms with Crippen LogP contribution in [-0.4, -0.2) is 71.1 Å². The van der Waals surface area contributed by atoms with Crippen LogP contribution in [0.4, 0.5) is 0 Å². The van der Waals surface area contributed by atoms with Crippen molar-refractivity contribution in [2.75, 3.05) is 71.1 Å². The Bertz CT molecular complexity index is 1560. The summed E-state index contributed by atoms with van der Waals surface area (Å²) in [5.41, 5.74) is 6.79. The van der Waals surface area contributed by atoms with Crippen molar-refractivity contribution >= 4 is 0 Å². The van der Waals surface area contributed by atoms with Gasteiger partial charge < -0.3 is 47.4 Å². The van der Waals surface area contributed by atoms with Gasteiger partial charge in [0.15, 0.2) is 46.0 Å². The van der Waals surface area contributed by atoms with Gasteiger partial charge in [-0.25, -0.2) is 0 Å². The van der Waals surface area contributed by atoms with Gasteiger partial charge >= 0.3 is 0 Å². The molecule has 50 heavy (non-hydrogen) atoms. The second kappa shape index (κ2) is 18.0. The maximum atomic E-state index is 5.73. The minimum atomic E-state index is 0.571. The molecule has 0 aromatic heterocycles. The Morgan fingerprint density at radius 3 is 0.680 bits per heavy atom. The summed E-state index contributed by atoms with van der Waals surface area (Å²) in [5.74, 6) is 6.40. The van der Waals surface area contributed by atoms with E-state index in [1.807, 2.05) is 24.3 Å². The molecule has 0 aliphatic carbocycles. The van der Waals surface area contributed by atoms with E-state index in [0.717, 1.165) is 60.8 Å². The van der Waals surface area contributed by atoms with Crippen molar-refractivity contribution in [1.29, 1.82) is 0 Å². The highest BCUT2D eigenvalue weighted by Crippen LogP contribution is 2.41. The van der Waals surface area contributed by atoms with Crippen LogP contribution < -0.4 is 47.4 Å². The van der Waals surface area contributed by atoms with Gasteiger partial charge in [0, 0.05) is 0 Å². The smallest absolute Gasteiger partial charge is 0.203 e. The van der Waals surface area contributed by atoms with E-state index in [2.05, 4.69) is 24.3 Å². The Kier molecular flexibility index (Phi) is 13.6. The first-order valence-electron chi connectivity index (χ1n) is 16.4. The molecule has 0 aliphatic rings. The van der Waals surface area contributed by atoms with Crippen LogP contribution in [0.3, 0.4) is 0 Å². The molecule has 4 rings (SSSR count). The Hall–Kier alpha value is -5.12. The Balaban J connectivity index is 1.66. The van der Waals surface area contributed by atoms with Gasteiger partial charge in [0.05, 0.1) is 71.1 Å². The van der Waals surface area contributed by atoms with Crippen molar-refractivity contribution < 1.29 is 47.4 Å². The number of rotatable bonds is 19. The third-order valence-electron chi connectivity index (χ3n) is 8.89. The zero-order valence-corrected chi connectivity index (χ0v) is 30.9. The Labute approximate surface area is 296 Å². The lowest BCUT2D eigenvalue weighted by Crippen LogP contribution is -2.06. The van der Waals surface area contributed by atoms with Crippen molar-refractivity contribution in [2.45, 2.75) is 38.5 Å². The van der Waals surface area contributed by atoms with Crippen LogP contribution in [0.2, 0.25) is 0 Å². The van der Waals surface area contributed by atoms with Crippen molar-refractivity contribution in [1.82, 2.24) is 0 Å². The normalized spacial score (nSPS) is 10.7. The highest BCUT2D eigenvalue weighted by atomic mass is 16.5. The predicted octanol–water partition coefficient (Wildman–Crippen LogP) is 7.13. The van der Waals surface area contributed by atoms with E-state index in [1.165, 1.54) is 11.1 Å². The van der Waals surface area contributed by atoms with E-state index < -0.39 is 0 Å². The fraction of sp³-hybridized carbons (Fsp3) is 0.400. The van der Waals surface area contributed by atoms with Crippen LogP contribution in [0, 0.1) is 0 Å². The largest absolute Gasteiger partial charge is 0.493 e. The number of hydrogen-bond donors (Lipinski definition) is 0. The number of aryl methyl sites for hydroxylation is 6. The summed E-state index contributed by atoms with van der Waals surface area (Å²) in [4.78, 5) is 0. The summed E-state index contributed by atoms with van der Waals surface area (Å²) in [5, 5.41) is 0. The molecule has 0 saturated heterocycles. The van der Waals surface area contributed by atoms with Crippen LogP contribution >= 0.6 is 0 Å². The lowest BCUT2D eigenvalue weighted by molar-refractivity contribution is 0.323. The molecule has 0 saturated carbocycles. The lowest BCUT2D eigenvalue weighted by Gasteiger charge is -2.19. The van der Waals surface area contributed by atoms with Crippen molar-refractivity contribution in [3.63, 3.8) is 0 Å². The van der Waals surface area contributed by atoms with Gasteiger partial charge in [0.2, 0.25) is 11.5 Å². The summed E-state index contributed by atoms with van der Waals surface area (Å²) in [6, 6.07) is 16.3. The molecular weight excluding hydrogens is 640 g/mol. The third-order valence-corrected chi connectivity index (χ3v) is 8.89. The molecule has 0 atom stereocenters. The first kappa shape index (κ1) is 37.7. The van der Waals surface area contributed by atoms with Crippen LogP contribution in [-0.2, 0) is 38.5 Å². The van der Waals surface area contributed by atoms with Crippen LogP contribution in [0.15, 0.2) is 48.5 Å². The molecule has 10 heteroatoms. The number of ether oxygens (including phenoxy) is 10. The van der Waals surface area contributed by atoms with Gasteiger partial charge in [-0.05, 0) is 120 Å². The number of benzene rings is 4. The standard InChI is InChI=1S/C40H50O10/c1-41-31-21-27(13-11-25-17-35(45-5)39(49-9)36(18-25)46-6)29(23-33(31)43-3)15-16-30-24-34(44-4)32(42-2)22-28(30)14-12-26-19-37(47-7)40(50-10)38(20-26)48-8/h17-24H,11-16H2,1-10H3. The summed E-state index contributed by atoms with van der Waals surface area (Å²) in [6.07, 6.45) is 4.53. The molecule has 0 spiro atoms. The first-order chi connectivity index (χ1) is 24.3. The average molecular weight is 691 g/mol. The Morgan fingerprint density at radius 1 is 0.260 bits per heavy atom. The van der Waals surface area contributed by atoms with Crippen LogP contribution in [0.5, 0.6) is 57.5 Å². The van der Waals surface area contributed by atoms with Crippen molar-refractivity contribution in [3.8, 4) is 57.5 Å². The lowest BCUT2D eigenvalue weighted by atomic mass is 9.91. The Morgan fingerprint density at radius 2 is 0.480 bits per heavy atom. The van der Waals surface area contributed by atoms with Gasteiger partial charge in [0.1, 0.15) is 0 Å². The minimum Gasteiger partial charge on any atom is -0.493 e. The fourth-order valence-corrected chi connectivity index (χ4v) is 6.24. The highest BCUT2D eigenvalue weighted by Gasteiger charge is 2.18. The maximum Gasteiger partial charge on any atom is 0.203 e. The molecule has 0 fully saturated rings. The predicted molar refractivity (Wildman–Crippen MR) is 194 cm³/mol. The van der Waals surface area contributed by atoms with Crippen LogP contribution in [0.1, 0.15) is 33.4 Å². The SMILES string of the molecule is COc1cc(CCc2cc(OC)c(OC)c(OC)c2)c(CCc2cc(OC)c(OC)cc2CCc2cc(OC)c(OC)c(OC)c2)cc1OC. The second-order valence-corrected chi connectivity index (χ2v) is 11.5. The molecular formula is C40H50O10. The fourth-order valence-electron chi connectivity index (χ4n) is 6.24. The van der Waals surface area contributed by atoms with E-state index in [4.69, 9.17) is 47.4 Å². The monoisotopic (exact) mass is 690 g/mol. The van der Waals surface area contributed by atoms with Gasteiger partial charge in [-0.2, -0.15) is 0 Å². The minimum absolute atomic E-state index is 0.571. The van der Waals surface area contributed by atoms with E-state index >= 15 is 0 Å². The van der Waals surface area contributed by atoms with E-state index in [-0.39, 0.29) is 0 Å². The molecule has 10 nitrogen and oxygen atoms in total. The third kappa shape index (κ3) is 8.53. The van der Waals surface area contributed by atoms with Gasteiger partial charge in [0.25, 0.3) is 0 Å². The van der Waals surface area contributed by atoms with Crippen LogP contribution in [0.25, 0.3) is 0 Å². The molecule has 0 aliphatic heterocycles. The summed E-state index contributed by atoms with van der Waals surface area (Å²) in [6.45, 7) is 0. The van der Waals surface area contributed by atoms with Gasteiger partial charge in [-0.3, -0.25) is 0 Å². The van der Waals surface area contributed by atoms with Gasteiger partial charge in [-0.15, -0.1) is 0 Å². The molecule has 0 bridgehead atoms. The molecule has 0 unspecified atom stereocenters. The van der Waals surface area contributed by atoms with E-state index in [1.54, 1.807) is 71.1 Å². The van der Waals surface area contributed by atoms with Gasteiger partial charge in [-0.1, -0.05) is 0 Å². The molecule has 270 valence electrons. The molecule has 0 N–H and O–H groups in total. The molecule has 0 heterocycles. The topological polar surface area (TPSA) is 92.3 Å². The summed E-state index contributed by atoms with van der Waals surface area (Å²) >= 11 is 0. The van der Waals surface area contributed by atoms with E-state index in [0.29, 0.717) is 57.5 Å². The summed E-state index contributed by atoms with van der Waals surface area (Å²) < 4.78 is 56.3. The maximum absolute atomic E-state index is 5.73. The zero-order chi connectivity index (χ0) is 36.2. The molecule has 4 aromatic rings. The molecule has 0 radical (unpaired) electrons. The number of hydrogen-bond acceptors (Lipinski definition) is 10. The number of methoxy groups -OCH3 is 10. The average Bonchev–Trinajstić information content (AvgIpc) is 3.16. The summed E-state index contributed by atoms with van der Waals surface area (Å²) in [7, 11) is 16.3. The van der Waals surface area contributed by atoms with E-state index in [9.17, 15) is 0 Å². The molecule has 0 amide bonds. The zero-order valence-electron chi connectivity index (χ0n) is 30.9. The second-order valence-electron chi connectivity index (χ2n) is 11.5. The molecule has 4 aromatic carbocycles. The van der Waals surface area contributed by atoms with Crippen molar-refractivity contribution in [3.05, 3.63) is 81.9 Å². The highest BCUT2D eigenvalue weighted by molar-refractivity contribution is 5.56. The van der Waals surface area contributed by atoms with Crippen molar-refractivity contribution in [2.24, 2.45) is 0 Å². The quantitative estimate of drug-likeness (QED) is 0.101. The first-order valence-corrected chi connectivity index (χ1v) is 16.4.